The van der Waals surface area contributed by atoms with Gasteiger partial charge in [-0.15, -0.1) is 0 Å². The molecule has 0 fully saturated rings. The number of carbonyl (C=O) groups is 1. The number of anilines is 1. The molecule has 0 aliphatic carbocycles. The smallest absolute Gasteiger partial charge is 0.242 e. The molecule has 0 spiro atoms. The predicted octanol–water partition coefficient (Wildman–Crippen LogP) is 2.88. The summed E-state index contributed by atoms with van der Waals surface area (Å²) >= 11 is 5.93. The van der Waals surface area contributed by atoms with E-state index in [-0.39, 0.29) is 42.3 Å². The number of carbonyl (C=O) groups excluding carboxylic acids is 1. The number of hydrogen-bond acceptors (Lipinski definition) is 6. The van der Waals surface area contributed by atoms with Crippen molar-refractivity contribution in [3.8, 4) is 5.75 Å². The number of aliphatic hydroxyl groups excluding tert-OH is 1. The van der Waals surface area contributed by atoms with Crippen molar-refractivity contribution >= 4 is 33.2 Å². The average Bonchev–Trinajstić information content (AvgIpc) is 2.86. The number of fused-ring (bicyclic) bond motifs is 1. The van der Waals surface area contributed by atoms with E-state index in [4.69, 9.17) is 16.3 Å². The normalized spacial score (nSPS) is 19.9. The number of amides is 1. The van der Waals surface area contributed by atoms with Gasteiger partial charge < -0.3 is 19.6 Å². The summed E-state index contributed by atoms with van der Waals surface area (Å²) in [7, 11) is 1.57. The number of halogens is 1. The van der Waals surface area contributed by atoms with Gasteiger partial charge in [-0.25, -0.2) is 8.42 Å². The molecule has 35 heavy (non-hydrogen) atoms. The summed E-state index contributed by atoms with van der Waals surface area (Å²) in [5.74, 6) is 0.230. The highest BCUT2D eigenvalue weighted by atomic mass is 35.5. The number of nitrogens with zero attached hydrogens (tertiary/aromatic N) is 3. The second-order valence-electron chi connectivity index (χ2n) is 9.31. The average molecular weight is 524 g/mol. The number of hydrogen-bond donors (Lipinski definition) is 1. The van der Waals surface area contributed by atoms with Gasteiger partial charge in [0, 0.05) is 49.9 Å². The lowest BCUT2D eigenvalue weighted by Gasteiger charge is -2.33. The van der Waals surface area contributed by atoms with Crippen LogP contribution >= 0.6 is 11.6 Å². The zero-order valence-corrected chi connectivity index (χ0v) is 22.4. The molecule has 0 saturated heterocycles. The van der Waals surface area contributed by atoms with Crippen molar-refractivity contribution in [2.45, 2.75) is 37.3 Å². The largest absolute Gasteiger partial charge is 0.488 e. The first-order valence-electron chi connectivity index (χ1n) is 11.5. The molecule has 1 aliphatic heterocycles. The highest BCUT2D eigenvalue weighted by Crippen LogP contribution is 2.30. The maximum absolute atomic E-state index is 13.2. The number of aliphatic hydroxyl groups is 1. The lowest BCUT2D eigenvalue weighted by Crippen LogP contribution is -2.48. The van der Waals surface area contributed by atoms with E-state index in [0.717, 1.165) is 11.3 Å². The monoisotopic (exact) mass is 523 g/mol. The van der Waals surface area contributed by atoms with E-state index in [0.29, 0.717) is 17.3 Å². The Morgan fingerprint density at radius 2 is 1.83 bits per heavy atom. The number of rotatable bonds is 7. The first-order valence-corrected chi connectivity index (χ1v) is 13.3. The number of likely N-dealkylation sites (N-methyl/N-ethyl adjacent to an activating group) is 1. The Labute approximate surface area is 213 Å². The molecular formula is C25H34ClN3O5S. The molecule has 1 amide bonds. The fraction of sp³-hybridized carbons (Fsp3) is 0.480. The van der Waals surface area contributed by atoms with E-state index in [1.54, 1.807) is 24.0 Å². The maximum Gasteiger partial charge on any atom is 0.242 e. The van der Waals surface area contributed by atoms with Crippen LogP contribution in [-0.2, 0) is 21.2 Å². The zero-order valence-electron chi connectivity index (χ0n) is 20.8. The second-order valence-corrected chi connectivity index (χ2v) is 11.8. The molecule has 8 nitrogen and oxygen atoms in total. The summed E-state index contributed by atoms with van der Waals surface area (Å²) < 4.78 is 34.1. The highest BCUT2D eigenvalue weighted by molar-refractivity contribution is 7.89. The Morgan fingerprint density at radius 3 is 2.43 bits per heavy atom. The molecule has 0 bridgehead atoms. The molecule has 2 aromatic rings. The summed E-state index contributed by atoms with van der Waals surface area (Å²) in [5.41, 5.74) is 1.65. The summed E-state index contributed by atoms with van der Waals surface area (Å²) in [5, 5.41) is 10.2. The molecule has 0 unspecified atom stereocenters. The topological polar surface area (TPSA) is 90.4 Å². The molecule has 192 valence electrons. The van der Waals surface area contributed by atoms with Crippen LogP contribution in [-0.4, -0.2) is 81.6 Å². The standard InChI is InChI=1S/C25H34ClN3O5S/c1-17-14-29(18(2)16-30)25(31)13-19-12-21(27(3)4)8-11-23(19)34-24(17)15-28(5)35(32,33)22-9-6-20(26)7-10-22/h6-12,17-18,24,30H,13-16H2,1-5H3/t17-,18+,24+/m1/s1. The molecule has 1 N–H and O–H groups in total. The van der Waals surface area contributed by atoms with Crippen molar-refractivity contribution in [3.05, 3.63) is 53.1 Å². The molecule has 0 radical (unpaired) electrons. The lowest BCUT2D eigenvalue weighted by atomic mass is 10.0. The van der Waals surface area contributed by atoms with E-state index in [2.05, 4.69) is 0 Å². The van der Waals surface area contributed by atoms with Gasteiger partial charge in [-0.2, -0.15) is 4.31 Å². The predicted molar refractivity (Wildman–Crippen MR) is 138 cm³/mol. The Kier molecular flexibility index (Phi) is 8.69. The van der Waals surface area contributed by atoms with Crippen LogP contribution in [0.4, 0.5) is 5.69 Å². The Bertz CT molecular complexity index is 1140. The van der Waals surface area contributed by atoms with Gasteiger partial charge in [-0.3, -0.25) is 4.79 Å². The van der Waals surface area contributed by atoms with Crippen LogP contribution < -0.4 is 9.64 Å². The Morgan fingerprint density at radius 1 is 1.17 bits per heavy atom. The molecule has 10 heteroatoms. The summed E-state index contributed by atoms with van der Waals surface area (Å²) in [6.07, 6.45) is -0.412. The minimum absolute atomic E-state index is 0.0799. The van der Waals surface area contributed by atoms with Crippen LogP contribution in [0, 0.1) is 5.92 Å². The Hall–Kier alpha value is -2.33. The maximum atomic E-state index is 13.2. The molecule has 1 heterocycles. The number of sulfonamides is 1. The first-order chi connectivity index (χ1) is 16.4. The second kappa shape index (κ2) is 11.2. The molecule has 0 aromatic heterocycles. The summed E-state index contributed by atoms with van der Waals surface area (Å²) in [6, 6.07) is 11.3. The molecule has 2 aromatic carbocycles. The van der Waals surface area contributed by atoms with Crippen LogP contribution in [0.3, 0.4) is 0 Å². The van der Waals surface area contributed by atoms with Crippen LogP contribution in [0.25, 0.3) is 0 Å². The molecule has 0 saturated carbocycles. The molecule has 3 rings (SSSR count). The molecular weight excluding hydrogens is 490 g/mol. The van der Waals surface area contributed by atoms with Gasteiger partial charge in [0.25, 0.3) is 0 Å². The Balaban J connectivity index is 1.97. The van der Waals surface area contributed by atoms with E-state index in [9.17, 15) is 18.3 Å². The van der Waals surface area contributed by atoms with Gasteiger partial charge in [-0.05, 0) is 49.4 Å². The van der Waals surface area contributed by atoms with Crippen LogP contribution in [0.1, 0.15) is 19.4 Å². The van der Waals surface area contributed by atoms with Crippen molar-refractivity contribution < 1.29 is 23.1 Å². The minimum atomic E-state index is -3.78. The van der Waals surface area contributed by atoms with E-state index < -0.39 is 16.1 Å². The van der Waals surface area contributed by atoms with Crippen molar-refractivity contribution in [1.29, 1.82) is 0 Å². The van der Waals surface area contributed by atoms with Crippen LogP contribution in [0.2, 0.25) is 5.02 Å². The van der Waals surface area contributed by atoms with Crippen LogP contribution in [0.15, 0.2) is 47.4 Å². The SMILES string of the molecule is C[C@@H]1CN([C@@H](C)CO)C(=O)Cc2cc(N(C)C)ccc2O[C@H]1CN(C)S(=O)(=O)c1ccc(Cl)cc1. The van der Waals surface area contributed by atoms with Gasteiger partial charge in [0.2, 0.25) is 15.9 Å². The third-order valence-electron chi connectivity index (χ3n) is 6.38. The molecule has 3 atom stereocenters. The quantitative estimate of drug-likeness (QED) is 0.600. The van der Waals surface area contributed by atoms with E-state index in [1.165, 1.54) is 23.5 Å². The fourth-order valence-electron chi connectivity index (χ4n) is 4.05. The third-order valence-corrected chi connectivity index (χ3v) is 8.46. The van der Waals surface area contributed by atoms with Gasteiger partial charge in [-0.1, -0.05) is 18.5 Å². The van der Waals surface area contributed by atoms with Crippen molar-refractivity contribution in [1.82, 2.24) is 9.21 Å². The highest BCUT2D eigenvalue weighted by Gasteiger charge is 2.33. The molecule has 1 aliphatic rings. The zero-order chi connectivity index (χ0) is 25.9. The third kappa shape index (κ3) is 6.27. The van der Waals surface area contributed by atoms with Crippen molar-refractivity contribution in [2.75, 3.05) is 45.7 Å². The lowest BCUT2D eigenvalue weighted by molar-refractivity contribution is -0.134. The fourth-order valence-corrected chi connectivity index (χ4v) is 5.36. The van der Waals surface area contributed by atoms with Crippen molar-refractivity contribution in [2.24, 2.45) is 5.92 Å². The summed E-state index contributed by atoms with van der Waals surface area (Å²) in [4.78, 5) is 17.0. The minimum Gasteiger partial charge on any atom is -0.488 e. The number of benzene rings is 2. The van der Waals surface area contributed by atoms with Crippen molar-refractivity contribution in [3.63, 3.8) is 0 Å². The van der Waals surface area contributed by atoms with Crippen LogP contribution in [0.5, 0.6) is 5.75 Å². The number of ether oxygens (including phenoxy) is 1. The van der Waals surface area contributed by atoms with E-state index >= 15 is 0 Å². The van der Waals surface area contributed by atoms with Gasteiger partial charge in [0.15, 0.2) is 0 Å². The van der Waals surface area contributed by atoms with E-state index in [1.807, 2.05) is 44.1 Å². The van der Waals surface area contributed by atoms with Gasteiger partial charge >= 0.3 is 0 Å². The summed E-state index contributed by atoms with van der Waals surface area (Å²) in [6.45, 7) is 3.97. The van der Waals surface area contributed by atoms with Gasteiger partial charge in [0.1, 0.15) is 11.9 Å². The van der Waals surface area contributed by atoms with Gasteiger partial charge in [0.05, 0.1) is 30.5 Å². The first kappa shape index (κ1) is 27.3.